The highest BCUT2D eigenvalue weighted by Crippen LogP contribution is 2.12. The maximum Gasteiger partial charge on any atom is 0.279 e. The van der Waals surface area contributed by atoms with E-state index >= 15 is 0 Å². The molecule has 0 unspecified atom stereocenters. The van der Waals surface area contributed by atoms with Crippen molar-refractivity contribution in [1.29, 1.82) is 0 Å². The molecule has 1 aliphatic heterocycles. The average molecular weight is 269 g/mol. The van der Waals surface area contributed by atoms with Gasteiger partial charge >= 0.3 is 0 Å². The highest BCUT2D eigenvalue weighted by atomic mass is 35.5. The van der Waals surface area contributed by atoms with Crippen LogP contribution in [0.15, 0.2) is 0 Å². The number of rotatable bonds is 6. The molecule has 0 aromatic carbocycles. The molecule has 0 aromatic rings. The van der Waals surface area contributed by atoms with Gasteiger partial charge in [-0.15, -0.1) is 11.6 Å². The van der Waals surface area contributed by atoms with E-state index in [9.17, 15) is 8.42 Å². The number of alkyl halides is 1. The van der Waals surface area contributed by atoms with Crippen LogP contribution in [-0.2, 0) is 10.2 Å². The highest BCUT2D eigenvalue weighted by Gasteiger charge is 2.21. The molecule has 1 heterocycles. The summed E-state index contributed by atoms with van der Waals surface area (Å²) in [5.74, 6) is 0.589. The van der Waals surface area contributed by atoms with Gasteiger partial charge in [0.15, 0.2) is 0 Å². The molecule has 4 nitrogen and oxygen atoms in total. The summed E-state index contributed by atoms with van der Waals surface area (Å²) >= 11 is 5.53. The molecule has 1 rings (SSSR count). The van der Waals surface area contributed by atoms with Gasteiger partial charge in [-0.3, -0.25) is 0 Å². The first-order chi connectivity index (χ1) is 7.67. The molecule has 0 radical (unpaired) electrons. The van der Waals surface area contributed by atoms with E-state index in [2.05, 4.69) is 4.72 Å². The lowest BCUT2D eigenvalue weighted by atomic mass is 10.2. The first-order valence-electron chi connectivity index (χ1n) is 5.97. The standard InChI is InChI=1S/C10H21ClN2O2S/c11-7-3-4-8-12-16(14,15)13-9-5-1-2-6-10-13/h12H,1-10H2. The van der Waals surface area contributed by atoms with E-state index in [4.69, 9.17) is 11.6 Å². The van der Waals surface area contributed by atoms with E-state index in [1.54, 1.807) is 4.31 Å². The van der Waals surface area contributed by atoms with Gasteiger partial charge in [0, 0.05) is 25.5 Å². The minimum absolute atomic E-state index is 0.492. The van der Waals surface area contributed by atoms with Crippen molar-refractivity contribution in [2.75, 3.05) is 25.5 Å². The summed E-state index contributed by atoms with van der Waals surface area (Å²) in [5, 5.41) is 0. The van der Waals surface area contributed by atoms with E-state index in [-0.39, 0.29) is 0 Å². The van der Waals surface area contributed by atoms with Crippen LogP contribution in [0.25, 0.3) is 0 Å². The summed E-state index contributed by atoms with van der Waals surface area (Å²) in [4.78, 5) is 0. The molecular weight excluding hydrogens is 248 g/mol. The minimum Gasteiger partial charge on any atom is -0.202 e. The van der Waals surface area contributed by atoms with Crippen LogP contribution in [0.1, 0.15) is 38.5 Å². The number of nitrogens with zero attached hydrogens (tertiary/aromatic N) is 1. The summed E-state index contributed by atoms with van der Waals surface area (Å²) in [5.41, 5.74) is 0. The summed E-state index contributed by atoms with van der Waals surface area (Å²) in [6, 6.07) is 0. The van der Waals surface area contributed by atoms with Gasteiger partial charge in [0.2, 0.25) is 0 Å². The molecule has 6 heteroatoms. The molecule has 0 aromatic heterocycles. The van der Waals surface area contributed by atoms with E-state index in [1.807, 2.05) is 0 Å². The van der Waals surface area contributed by atoms with Crippen LogP contribution >= 0.6 is 11.6 Å². The van der Waals surface area contributed by atoms with Crippen LogP contribution in [0.3, 0.4) is 0 Å². The molecular formula is C10H21ClN2O2S. The van der Waals surface area contributed by atoms with Crippen molar-refractivity contribution >= 4 is 21.8 Å². The maximum absolute atomic E-state index is 11.9. The molecule has 0 bridgehead atoms. The molecule has 1 N–H and O–H groups in total. The Balaban J connectivity index is 2.36. The van der Waals surface area contributed by atoms with Gasteiger partial charge in [-0.2, -0.15) is 12.7 Å². The van der Waals surface area contributed by atoms with Crippen molar-refractivity contribution in [3.8, 4) is 0 Å². The molecule has 0 spiro atoms. The Hall–Kier alpha value is 0.160. The molecule has 1 saturated heterocycles. The second kappa shape index (κ2) is 7.48. The van der Waals surface area contributed by atoms with Crippen LogP contribution in [0.4, 0.5) is 0 Å². The van der Waals surface area contributed by atoms with Gasteiger partial charge in [0.1, 0.15) is 0 Å². The Morgan fingerprint density at radius 2 is 1.69 bits per heavy atom. The molecule has 0 atom stereocenters. The minimum atomic E-state index is -3.25. The topological polar surface area (TPSA) is 49.4 Å². The largest absolute Gasteiger partial charge is 0.279 e. The van der Waals surface area contributed by atoms with Crippen LogP contribution < -0.4 is 4.72 Å². The third-order valence-electron chi connectivity index (χ3n) is 2.75. The van der Waals surface area contributed by atoms with Crippen molar-refractivity contribution in [2.45, 2.75) is 38.5 Å². The van der Waals surface area contributed by atoms with Gasteiger partial charge in [-0.05, 0) is 25.7 Å². The van der Waals surface area contributed by atoms with Crippen LogP contribution in [0.2, 0.25) is 0 Å². The Labute approximate surface area is 104 Å². The SMILES string of the molecule is O=S(=O)(NCCCCCl)N1CCCCCC1. The third-order valence-corrected chi connectivity index (χ3v) is 4.63. The van der Waals surface area contributed by atoms with Gasteiger partial charge in [-0.1, -0.05) is 12.8 Å². The lowest BCUT2D eigenvalue weighted by Gasteiger charge is -2.20. The second-order valence-electron chi connectivity index (χ2n) is 4.11. The quantitative estimate of drug-likeness (QED) is 0.589. The number of nitrogens with one attached hydrogen (secondary N) is 1. The van der Waals surface area contributed by atoms with E-state index in [0.29, 0.717) is 25.5 Å². The number of hydrogen-bond acceptors (Lipinski definition) is 2. The van der Waals surface area contributed by atoms with Crippen molar-refractivity contribution < 1.29 is 8.42 Å². The van der Waals surface area contributed by atoms with E-state index < -0.39 is 10.2 Å². The molecule has 1 fully saturated rings. The zero-order valence-corrected chi connectivity index (χ0v) is 11.2. The zero-order valence-electron chi connectivity index (χ0n) is 9.62. The predicted molar refractivity (Wildman–Crippen MR) is 66.9 cm³/mol. The van der Waals surface area contributed by atoms with Crippen LogP contribution in [0.5, 0.6) is 0 Å². The molecule has 1 aliphatic rings. The summed E-state index contributed by atoms with van der Waals surface area (Å²) < 4.78 is 28.0. The zero-order chi connectivity index (χ0) is 11.9. The summed E-state index contributed by atoms with van der Waals surface area (Å²) in [6.45, 7) is 1.81. The smallest absolute Gasteiger partial charge is 0.202 e. The lowest BCUT2D eigenvalue weighted by Crippen LogP contribution is -2.41. The molecule has 0 saturated carbocycles. The number of halogens is 1. The van der Waals surface area contributed by atoms with Crippen molar-refractivity contribution in [3.63, 3.8) is 0 Å². The first kappa shape index (κ1) is 14.2. The molecule has 0 amide bonds. The summed E-state index contributed by atoms with van der Waals surface area (Å²) in [6.07, 6.45) is 5.88. The Morgan fingerprint density at radius 1 is 1.06 bits per heavy atom. The maximum atomic E-state index is 11.9. The fourth-order valence-electron chi connectivity index (χ4n) is 1.79. The van der Waals surface area contributed by atoms with Crippen molar-refractivity contribution in [2.24, 2.45) is 0 Å². The average Bonchev–Trinajstić information content (AvgIpc) is 2.53. The monoisotopic (exact) mass is 268 g/mol. The lowest BCUT2D eigenvalue weighted by molar-refractivity contribution is 0.414. The van der Waals surface area contributed by atoms with Crippen molar-refractivity contribution in [3.05, 3.63) is 0 Å². The van der Waals surface area contributed by atoms with Crippen LogP contribution in [0, 0.1) is 0 Å². The Bertz CT molecular complexity index is 275. The van der Waals surface area contributed by atoms with Crippen LogP contribution in [-0.4, -0.2) is 38.2 Å². The number of unbranched alkanes of at least 4 members (excludes halogenated alkanes) is 1. The highest BCUT2D eigenvalue weighted by molar-refractivity contribution is 7.87. The molecule has 0 aliphatic carbocycles. The normalized spacial score (nSPS) is 19.6. The first-order valence-corrected chi connectivity index (χ1v) is 7.95. The van der Waals surface area contributed by atoms with Gasteiger partial charge in [0.05, 0.1) is 0 Å². The molecule has 96 valence electrons. The molecule has 16 heavy (non-hydrogen) atoms. The second-order valence-corrected chi connectivity index (χ2v) is 6.24. The van der Waals surface area contributed by atoms with Gasteiger partial charge < -0.3 is 0 Å². The fraction of sp³-hybridized carbons (Fsp3) is 1.00. The third kappa shape index (κ3) is 4.99. The predicted octanol–water partition coefficient (Wildman–Crippen LogP) is 1.72. The van der Waals surface area contributed by atoms with E-state index in [1.165, 1.54) is 0 Å². The Kier molecular flexibility index (Phi) is 6.65. The number of hydrogen-bond donors (Lipinski definition) is 1. The van der Waals surface area contributed by atoms with Gasteiger partial charge in [0.25, 0.3) is 10.2 Å². The van der Waals surface area contributed by atoms with Crippen molar-refractivity contribution in [1.82, 2.24) is 9.03 Å². The fourth-order valence-corrected chi connectivity index (χ4v) is 3.31. The van der Waals surface area contributed by atoms with Gasteiger partial charge in [-0.25, -0.2) is 4.72 Å². The summed E-state index contributed by atoms with van der Waals surface area (Å²) in [7, 11) is -3.25. The Morgan fingerprint density at radius 3 is 2.25 bits per heavy atom. The van der Waals surface area contributed by atoms with E-state index in [0.717, 1.165) is 38.5 Å².